The zero-order chi connectivity index (χ0) is 12.3. The van der Waals surface area contributed by atoms with Gasteiger partial charge in [0.25, 0.3) is 0 Å². The fourth-order valence-electron chi connectivity index (χ4n) is 1.79. The van der Waals surface area contributed by atoms with E-state index in [0.717, 1.165) is 30.9 Å². The highest BCUT2D eigenvalue weighted by atomic mass is 15.3. The van der Waals surface area contributed by atoms with Crippen molar-refractivity contribution in [2.24, 2.45) is 7.05 Å². The Morgan fingerprint density at radius 2 is 2.18 bits per heavy atom. The highest BCUT2D eigenvalue weighted by molar-refractivity contribution is 5.39. The first-order valence-electron chi connectivity index (χ1n) is 5.94. The summed E-state index contributed by atoms with van der Waals surface area (Å²) in [5, 5.41) is 11.9. The summed E-state index contributed by atoms with van der Waals surface area (Å²) in [7, 11) is 1.91. The monoisotopic (exact) mass is 233 g/mol. The van der Waals surface area contributed by atoms with Crippen molar-refractivity contribution in [1.29, 1.82) is 0 Å². The Morgan fingerprint density at radius 3 is 2.82 bits per heavy atom. The van der Waals surface area contributed by atoms with Crippen LogP contribution in [0.25, 0.3) is 0 Å². The van der Waals surface area contributed by atoms with Crippen LogP contribution in [0.2, 0.25) is 0 Å². The van der Waals surface area contributed by atoms with Gasteiger partial charge in [-0.2, -0.15) is 10.2 Å². The number of hydrogen-bond donors (Lipinski definition) is 1. The van der Waals surface area contributed by atoms with Crippen LogP contribution in [0.1, 0.15) is 24.6 Å². The molecule has 0 atom stereocenters. The quantitative estimate of drug-likeness (QED) is 0.858. The third-order valence-corrected chi connectivity index (χ3v) is 2.69. The van der Waals surface area contributed by atoms with Gasteiger partial charge in [0.2, 0.25) is 0 Å². The molecule has 5 heteroatoms. The van der Waals surface area contributed by atoms with E-state index in [1.807, 2.05) is 31.0 Å². The molecule has 2 aromatic rings. The van der Waals surface area contributed by atoms with Crippen LogP contribution in [0, 0.1) is 6.92 Å². The van der Waals surface area contributed by atoms with Crippen molar-refractivity contribution in [3.8, 4) is 0 Å². The molecule has 0 spiro atoms. The Bertz CT molecular complexity index is 483. The predicted octanol–water partition coefficient (Wildman–Crippen LogP) is 1.95. The van der Waals surface area contributed by atoms with Gasteiger partial charge in [-0.1, -0.05) is 6.92 Å². The van der Waals surface area contributed by atoms with Crippen LogP contribution < -0.4 is 5.32 Å². The van der Waals surface area contributed by atoms with Gasteiger partial charge in [0, 0.05) is 38.1 Å². The number of nitrogens with zero attached hydrogens (tertiary/aromatic N) is 4. The van der Waals surface area contributed by atoms with Crippen LogP contribution in [-0.2, 0) is 20.1 Å². The molecule has 0 saturated heterocycles. The molecule has 0 fully saturated rings. The Morgan fingerprint density at radius 1 is 1.35 bits per heavy atom. The first kappa shape index (κ1) is 11.7. The minimum absolute atomic E-state index is 0.793. The van der Waals surface area contributed by atoms with E-state index in [2.05, 4.69) is 28.6 Å². The Hall–Kier alpha value is -1.78. The van der Waals surface area contributed by atoms with Crippen LogP contribution in [0.5, 0.6) is 0 Å². The summed E-state index contributed by atoms with van der Waals surface area (Å²) in [6.07, 6.45) is 7.01. The molecule has 0 radical (unpaired) electrons. The molecule has 0 aliphatic carbocycles. The molecule has 0 bridgehead atoms. The highest BCUT2D eigenvalue weighted by Gasteiger charge is 2.04. The van der Waals surface area contributed by atoms with Gasteiger partial charge in [-0.3, -0.25) is 9.36 Å². The van der Waals surface area contributed by atoms with Crippen molar-refractivity contribution in [2.75, 3.05) is 5.32 Å². The Labute approximate surface area is 101 Å². The van der Waals surface area contributed by atoms with Crippen molar-refractivity contribution < 1.29 is 0 Å². The topological polar surface area (TPSA) is 47.7 Å². The van der Waals surface area contributed by atoms with Gasteiger partial charge in [0.05, 0.1) is 17.6 Å². The fourth-order valence-corrected chi connectivity index (χ4v) is 1.79. The highest BCUT2D eigenvalue weighted by Crippen LogP contribution is 2.10. The molecule has 0 aliphatic rings. The molecule has 17 heavy (non-hydrogen) atoms. The molecular weight excluding hydrogens is 214 g/mol. The van der Waals surface area contributed by atoms with Gasteiger partial charge < -0.3 is 5.32 Å². The number of hydrogen-bond acceptors (Lipinski definition) is 3. The largest absolute Gasteiger partial charge is 0.378 e. The molecule has 5 nitrogen and oxygen atoms in total. The van der Waals surface area contributed by atoms with Gasteiger partial charge in [-0.25, -0.2) is 0 Å². The van der Waals surface area contributed by atoms with Crippen molar-refractivity contribution in [1.82, 2.24) is 19.6 Å². The Balaban J connectivity index is 1.98. The van der Waals surface area contributed by atoms with Gasteiger partial charge in [0.15, 0.2) is 0 Å². The summed E-state index contributed by atoms with van der Waals surface area (Å²) >= 11 is 0. The molecule has 92 valence electrons. The number of anilines is 1. The van der Waals surface area contributed by atoms with E-state index in [-0.39, 0.29) is 0 Å². The molecule has 1 N–H and O–H groups in total. The maximum Gasteiger partial charge on any atom is 0.0729 e. The molecule has 0 saturated carbocycles. The second kappa shape index (κ2) is 5.03. The molecule has 0 unspecified atom stereocenters. The number of aromatic nitrogens is 4. The van der Waals surface area contributed by atoms with Crippen LogP contribution in [0.3, 0.4) is 0 Å². The van der Waals surface area contributed by atoms with Gasteiger partial charge >= 0.3 is 0 Å². The van der Waals surface area contributed by atoms with E-state index in [1.54, 1.807) is 4.68 Å². The second-order valence-electron chi connectivity index (χ2n) is 4.26. The van der Waals surface area contributed by atoms with E-state index < -0.39 is 0 Å². The van der Waals surface area contributed by atoms with Gasteiger partial charge in [-0.05, 0) is 13.3 Å². The molecule has 0 aromatic carbocycles. The lowest BCUT2D eigenvalue weighted by Crippen LogP contribution is -1.99. The van der Waals surface area contributed by atoms with Gasteiger partial charge in [0.1, 0.15) is 0 Å². The lowest BCUT2D eigenvalue weighted by Gasteiger charge is -2.01. The first-order valence-corrected chi connectivity index (χ1v) is 5.94. The van der Waals surface area contributed by atoms with Crippen molar-refractivity contribution in [3.63, 3.8) is 0 Å². The average molecular weight is 233 g/mol. The summed E-state index contributed by atoms with van der Waals surface area (Å²) in [6.45, 7) is 5.98. The predicted molar refractivity (Wildman–Crippen MR) is 67.8 cm³/mol. The SMILES string of the molecule is CCCn1cc(CNc2cnn(C)c2)c(C)n1. The minimum atomic E-state index is 0.793. The zero-order valence-corrected chi connectivity index (χ0v) is 10.6. The molecule has 2 aromatic heterocycles. The molecule has 2 heterocycles. The third kappa shape index (κ3) is 2.87. The normalized spacial score (nSPS) is 10.8. The minimum Gasteiger partial charge on any atom is -0.378 e. The lowest BCUT2D eigenvalue weighted by molar-refractivity contribution is 0.598. The maximum atomic E-state index is 4.47. The van der Waals surface area contributed by atoms with E-state index in [1.165, 1.54) is 5.56 Å². The van der Waals surface area contributed by atoms with Crippen LogP contribution in [0.15, 0.2) is 18.6 Å². The molecular formula is C12H19N5. The first-order chi connectivity index (χ1) is 8.19. The fraction of sp³-hybridized carbons (Fsp3) is 0.500. The van der Waals surface area contributed by atoms with Crippen LogP contribution in [-0.4, -0.2) is 19.6 Å². The molecule has 2 rings (SSSR count). The summed E-state index contributed by atoms with van der Waals surface area (Å²) < 4.78 is 3.80. The Kier molecular flexibility index (Phi) is 3.46. The van der Waals surface area contributed by atoms with Crippen molar-refractivity contribution in [3.05, 3.63) is 29.8 Å². The van der Waals surface area contributed by atoms with Gasteiger partial charge in [-0.15, -0.1) is 0 Å². The number of aryl methyl sites for hydroxylation is 3. The smallest absolute Gasteiger partial charge is 0.0729 e. The lowest BCUT2D eigenvalue weighted by atomic mass is 10.2. The second-order valence-corrected chi connectivity index (χ2v) is 4.26. The van der Waals surface area contributed by atoms with Crippen LogP contribution in [0.4, 0.5) is 5.69 Å². The van der Waals surface area contributed by atoms with Crippen molar-refractivity contribution >= 4 is 5.69 Å². The van der Waals surface area contributed by atoms with E-state index in [0.29, 0.717) is 0 Å². The molecule has 0 amide bonds. The summed E-state index contributed by atoms with van der Waals surface area (Å²) in [5.41, 5.74) is 3.37. The third-order valence-electron chi connectivity index (χ3n) is 2.69. The summed E-state index contributed by atoms with van der Waals surface area (Å²) in [5.74, 6) is 0. The number of nitrogens with one attached hydrogen (secondary N) is 1. The van der Waals surface area contributed by atoms with Crippen molar-refractivity contribution in [2.45, 2.75) is 33.4 Å². The van der Waals surface area contributed by atoms with E-state index in [4.69, 9.17) is 0 Å². The van der Waals surface area contributed by atoms with E-state index >= 15 is 0 Å². The summed E-state index contributed by atoms with van der Waals surface area (Å²) in [6, 6.07) is 0. The number of rotatable bonds is 5. The average Bonchev–Trinajstić information content (AvgIpc) is 2.83. The maximum absolute atomic E-state index is 4.47. The summed E-state index contributed by atoms with van der Waals surface area (Å²) in [4.78, 5) is 0. The van der Waals surface area contributed by atoms with Crippen LogP contribution >= 0.6 is 0 Å². The standard InChI is InChI=1S/C12H19N5/c1-4-5-17-8-11(10(2)15-17)6-13-12-7-14-16(3)9-12/h7-9,13H,4-6H2,1-3H3. The van der Waals surface area contributed by atoms with E-state index in [9.17, 15) is 0 Å². The molecule has 0 aliphatic heterocycles. The zero-order valence-electron chi connectivity index (χ0n) is 10.6.